The third kappa shape index (κ3) is 3.17. The summed E-state index contributed by atoms with van der Waals surface area (Å²) in [4.78, 5) is 24.2. The minimum absolute atomic E-state index is 0.0149. The van der Waals surface area contributed by atoms with Crippen molar-refractivity contribution < 1.29 is 28.2 Å². The molecule has 0 radical (unpaired) electrons. The van der Waals surface area contributed by atoms with Crippen molar-refractivity contribution in [2.45, 2.75) is 17.9 Å². The number of hydrogen-bond acceptors (Lipinski definition) is 4. The third-order valence-electron chi connectivity index (χ3n) is 4.40. The van der Waals surface area contributed by atoms with Crippen LogP contribution in [0.1, 0.15) is 32.7 Å². The molecule has 136 valence electrons. The fourth-order valence-electron chi connectivity index (χ4n) is 3.05. The molecule has 0 fully saturated rings. The maximum Gasteiger partial charge on any atom is 0.312 e. The Morgan fingerprint density at radius 2 is 1.92 bits per heavy atom. The molecule has 2 aromatic rings. The molecule has 0 bridgehead atoms. The van der Waals surface area contributed by atoms with Gasteiger partial charge in [-0.1, -0.05) is 18.2 Å². The minimum Gasteiger partial charge on any atom is -0.497 e. The average molecular weight is 361 g/mol. The molecule has 2 aromatic carbocycles. The maximum atomic E-state index is 14.1. The number of carbonyl (C=O) groups is 2. The average Bonchev–Trinajstić information content (AvgIpc) is 2.64. The first kappa shape index (κ1) is 18.0. The topological polar surface area (TPSA) is 75.6 Å². The molecule has 0 aliphatic heterocycles. The van der Waals surface area contributed by atoms with Gasteiger partial charge in [-0.2, -0.15) is 8.78 Å². The lowest BCUT2D eigenvalue weighted by atomic mass is 9.76. The van der Waals surface area contributed by atoms with E-state index in [4.69, 9.17) is 4.74 Å². The van der Waals surface area contributed by atoms with E-state index < -0.39 is 36.2 Å². The van der Waals surface area contributed by atoms with Crippen molar-refractivity contribution in [3.05, 3.63) is 65.2 Å². The smallest absolute Gasteiger partial charge is 0.312 e. The molecule has 0 spiro atoms. The summed E-state index contributed by atoms with van der Waals surface area (Å²) in [5.74, 6) is -5.28. The number of nitrogens with one attached hydrogen (secondary N) is 1. The van der Waals surface area contributed by atoms with Crippen LogP contribution < -0.4 is 10.1 Å². The molecule has 1 amide bonds. The number of methoxy groups -OCH3 is 1. The first-order valence-corrected chi connectivity index (χ1v) is 7.94. The molecule has 5 nitrogen and oxygen atoms in total. The first-order chi connectivity index (χ1) is 12.3. The van der Waals surface area contributed by atoms with Gasteiger partial charge in [0.1, 0.15) is 11.4 Å². The second kappa shape index (κ2) is 6.49. The maximum absolute atomic E-state index is 14.1. The van der Waals surface area contributed by atoms with E-state index in [-0.39, 0.29) is 11.1 Å². The van der Waals surface area contributed by atoms with Crippen LogP contribution in [0.5, 0.6) is 5.75 Å². The molecule has 0 saturated heterocycles. The van der Waals surface area contributed by atoms with Crippen LogP contribution in [-0.4, -0.2) is 36.4 Å². The van der Waals surface area contributed by atoms with Crippen LogP contribution in [0.25, 0.3) is 0 Å². The third-order valence-corrected chi connectivity index (χ3v) is 4.40. The highest BCUT2D eigenvalue weighted by atomic mass is 19.3. The predicted molar refractivity (Wildman–Crippen MR) is 89.6 cm³/mol. The highest BCUT2D eigenvalue weighted by Gasteiger charge is 2.54. The number of aliphatic hydroxyl groups is 1. The summed E-state index contributed by atoms with van der Waals surface area (Å²) in [6, 6.07) is 12.1. The Bertz CT molecular complexity index is 854. The molecule has 1 aliphatic carbocycles. The van der Waals surface area contributed by atoms with Gasteiger partial charge in [-0.3, -0.25) is 9.59 Å². The molecule has 1 atom stereocenters. The number of hydrogen-bond donors (Lipinski definition) is 2. The number of benzene rings is 2. The Hall–Kier alpha value is -2.80. The van der Waals surface area contributed by atoms with Crippen molar-refractivity contribution in [1.29, 1.82) is 0 Å². The molecule has 3 rings (SSSR count). The lowest BCUT2D eigenvalue weighted by Crippen LogP contribution is -2.51. The molecule has 26 heavy (non-hydrogen) atoms. The first-order valence-electron chi connectivity index (χ1n) is 7.94. The zero-order chi connectivity index (χ0) is 18.9. The second-order valence-corrected chi connectivity index (χ2v) is 6.20. The minimum atomic E-state index is -3.73. The zero-order valence-corrected chi connectivity index (χ0v) is 14.0. The van der Waals surface area contributed by atoms with Gasteiger partial charge in [0.25, 0.3) is 5.91 Å². The normalized spacial score (nSPS) is 21.0. The summed E-state index contributed by atoms with van der Waals surface area (Å²) in [5, 5.41) is 13.4. The quantitative estimate of drug-likeness (QED) is 0.878. The lowest BCUT2D eigenvalue weighted by Gasteiger charge is -2.37. The van der Waals surface area contributed by atoms with Crippen LogP contribution in [0.2, 0.25) is 0 Å². The van der Waals surface area contributed by atoms with Gasteiger partial charge in [0, 0.05) is 16.7 Å². The number of rotatable bonds is 4. The van der Waals surface area contributed by atoms with Crippen LogP contribution in [0.15, 0.2) is 48.5 Å². The van der Waals surface area contributed by atoms with Crippen LogP contribution in [0.4, 0.5) is 8.78 Å². The van der Waals surface area contributed by atoms with Gasteiger partial charge in [-0.05, 0) is 30.3 Å². The van der Waals surface area contributed by atoms with Crippen molar-refractivity contribution in [1.82, 2.24) is 5.32 Å². The fraction of sp³-hybridized carbons (Fsp3) is 0.263. The molecule has 0 saturated carbocycles. The monoisotopic (exact) mass is 361 g/mol. The van der Waals surface area contributed by atoms with Gasteiger partial charge in [-0.15, -0.1) is 0 Å². The van der Waals surface area contributed by atoms with E-state index in [9.17, 15) is 23.5 Å². The highest BCUT2D eigenvalue weighted by Crippen LogP contribution is 2.43. The number of halogens is 2. The number of alkyl halides is 2. The molecule has 2 N–H and O–H groups in total. The number of carbonyl (C=O) groups excluding carboxylic acids is 2. The Kier molecular flexibility index (Phi) is 4.50. The molecule has 0 aromatic heterocycles. The van der Waals surface area contributed by atoms with E-state index in [1.54, 1.807) is 30.3 Å². The Balaban J connectivity index is 1.93. The molecule has 0 heterocycles. The fourth-order valence-corrected chi connectivity index (χ4v) is 3.05. The van der Waals surface area contributed by atoms with E-state index in [1.165, 1.54) is 25.3 Å². The Morgan fingerprint density at radius 1 is 1.23 bits per heavy atom. The number of amides is 1. The summed E-state index contributed by atoms with van der Waals surface area (Å²) in [7, 11) is 1.39. The number of ether oxygens (including phenoxy) is 1. The van der Waals surface area contributed by atoms with Crippen molar-refractivity contribution in [2.75, 3.05) is 13.7 Å². The zero-order valence-electron chi connectivity index (χ0n) is 14.0. The molecule has 1 unspecified atom stereocenters. The van der Waals surface area contributed by atoms with Crippen LogP contribution >= 0.6 is 0 Å². The largest absolute Gasteiger partial charge is 0.497 e. The van der Waals surface area contributed by atoms with Crippen molar-refractivity contribution in [2.24, 2.45) is 0 Å². The van der Waals surface area contributed by atoms with Gasteiger partial charge in [-0.25, -0.2) is 0 Å². The summed E-state index contributed by atoms with van der Waals surface area (Å²) in [6.07, 6.45) is -1.12. The number of Topliss-reactive ketones (excluding diaryl/α,β-unsaturated/α-hetero) is 1. The highest BCUT2D eigenvalue weighted by molar-refractivity contribution is 6.04. The van der Waals surface area contributed by atoms with Crippen LogP contribution in [0, 0.1) is 0 Å². The van der Waals surface area contributed by atoms with E-state index in [0.717, 1.165) is 0 Å². The van der Waals surface area contributed by atoms with Crippen molar-refractivity contribution in [3.8, 4) is 5.75 Å². The molecule has 7 heteroatoms. The Labute approximate surface area is 148 Å². The predicted octanol–water partition coefficient (Wildman–Crippen LogP) is 2.53. The van der Waals surface area contributed by atoms with Gasteiger partial charge in [0.05, 0.1) is 20.1 Å². The van der Waals surface area contributed by atoms with Crippen molar-refractivity contribution in [3.63, 3.8) is 0 Å². The molecular formula is C19H17F2NO4. The standard InChI is InChI=1S/C19H17F2NO4/c1-26-13-7-8-14-15(9-13)18(25,10-19(20,21)16(14)23)11-22-17(24)12-5-3-2-4-6-12/h2-9,25H,10-11H2,1H3,(H,22,24). The molecular weight excluding hydrogens is 344 g/mol. The summed E-state index contributed by atoms with van der Waals surface area (Å²) in [6.45, 7) is -0.468. The lowest BCUT2D eigenvalue weighted by molar-refractivity contribution is -0.0773. The van der Waals surface area contributed by atoms with Crippen LogP contribution in [-0.2, 0) is 5.60 Å². The second-order valence-electron chi connectivity index (χ2n) is 6.20. The van der Waals surface area contributed by atoms with E-state index in [0.29, 0.717) is 11.3 Å². The van der Waals surface area contributed by atoms with Gasteiger partial charge >= 0.3 is 5.92 Å². The summed E-state index contributed by atoms with van der Waals surface area (Å²) >= 11 is 0. The van der Waals surface area contributed by atoms with E-state index in [2.05, 4.69) is 5.32 Å². The summed E-state index contributed by atoms with van der Waals surface area (Å²) in [5.41, 5.74) is -2.04. The van der Waals surface area contributed by atoms with Crippen LogP contribution in [0.3, 0.4) is 0 Å². The van der Waals surface area contributed by atoms with Gasteiger partial charge in [0.15, 0.2) is 0 Å². The number of fused-ring (bicyclic) bond motifs is 1. The van der Waals surface area contributed by atoms with Gasteiger partial charge in [0.2, 0.25) is 5.78 Å². The SMILES string of the molecule is COc1ccc2c(c1)C(O)(CNC(=O)c1ccccc1)CC(F)(F)C2=O. The van der Waals surface area contributed by atoms with Crippen molar-refractivity contribution >= 4 is 11.7 Å². The number of ketones is 1. The van der Waals surface area contributed by atoms with E-state index >= 15 is 0 Å². The van der Waals surface area contributed by atoms with Gasteiger partial charge < -0.3 is 15.2 Å². The Morgan fingerprint density at radius 3 is 2.58 bits per heavy atom. The summed E-state index contributed by atoms with van der Waals surface area (Å²) < 4.78 is 33.4. The molecule has 1 aliphatic rings. The van der Waals surface area contributed by atoms with E-state index in [1.807, 2.05) is 0 Å².